The number of phenolic OH excluding ortho intramolecular Hbond substituents is 1. The lowest BCUT2D eigenvalue weighted by Crippen LogP contribution is -2.37. The Balaban J connectivity index is 2.47. The molecule has 0 atom stereocenters. The first-order valence-corrected chi connectivity index (χ1v) is 6.27. The van der Waals surface area contributed by atoms with E-state index in [1.807, 2.05) is 25.2 Å². The Bertz CT molecular complexity index is 470. The zero-order valence-corrected chi connectivity index (χ0v) is 11.4. The van der Waals surface area contributed by atoms with Crippen molar-refractivity contribution in [2.75, 3.05) is 6.54 Å². The van der Waals surface area contributed by atoms with Crippen molar-refractivity contribution >= 4 is 5.91 Å². The van der Waals surface area contributed by atoms with Crippen LogP contribution < -0.4 is 5.32 Å². The molecule has 6 heteroatoms. The van der Waals surface area contributed by atoms with Crippen molar-refractivity contribution in [1.82, 2.24) is 5.32 Å². The van der Waals surface area contributed by atoms with Crippen LogP contribution in [0, 0.1) is 0 Å². The summed E-state index contributed by atoms with van der Waals surface area (Å²) in [5.41, 5.74) is 0.612. The van der Waals surface area contributed by atoms with Gasteiger partial charge < -0.3 is 10.4 Å². The van der Waals surface area contributed by atoms with Crippen molar-refractivity contribution in [1.29, 1.82) is 0 Å². The van der Waals surface area contributed by atoms with Gasteiger partial charge in [0.25, 0.3) is 0 Å². The number of benzene rings is 1. The maximum atomic E-state index is 12.0. The molecule has 20 heavy (non-hydrogen) atoms. The SMILES string of the molecule is CC(C)(CCCNC(=O)C(F)(F)F)c1cccc(O)c1. The molecule has 1 aromatic carbocycles. The molecule has 0 heterocycles. The van der Waals surface area contributed by atoms with Crippen LogP contribution in [0.25, 0.3) is 0 Å². The van der Waals surface area contributed by atoms with Crippen LogP contribution in [-0.4, -0.2) is 23.7 Å². The van der Waals surface area contributed by atoms with Crippen LogP contribution in [0.4, 0.5) is 13.2 Å². The lowest BCUT2D eigenvalue weighted by Gasteiger charge is -2.25. The molecular formula is C14H18F3NO2. The van der Waals surface area contributed by atoms with Gasteiger partial charge in [-0.1, -0.05) is 26.0 Å². The summed E-state index contributed by atoms with van der Waals surface area (Å²) in [6, 6.07) is 6.77. The maximum absolute atomic E-state index is 12.0. The Hall–Kier alpha value is -1.72. The number of hydrogen-bond donors (Lipinski definition) is 2. The Kier molecular flexibility index (Phi) is 5.03. The minimum absolute atomic E-state index is 0.0272. The molecule has 0 aliphatic heterocycles. The quantitative estimate of drug-likeness (QED) is 0.818. The number of amides is 1. The van der Waals surface area contributed by atoms with Crippen molar-refractivity contribution in [2.45, 2.75) is 38.3 Å². The minimum Gasteiger partial charge on any atom is -0.508 e. The Morgan fingerprint density at radius 1 is 1.30 bits per heavy atom. The highest BCUT2D eigenvalue weighted by molar-refractivity contribution is 5.81. The fourth-order valence-corrected chi connectivity index (χ4v) is 1.90. The smallest absolute Gasteiger partial charge is 0.471 e. The summed E-state index contributed by atoms with van der Waals surface area (Å²) in [6.45, 7) is 3.85. The monoisotopic (exact) mass is 289 g/mol. The van der Waals surface area contributed by atoms with Crippen LogP contribution in [0.2, 0.25) is 0 Å². The normalized spacial score (nSPS) is 12.2. The van der Waals surface area contributed by atoms with E-state index >= 15 is 0 Å². The number of carbonyl (C=O) groups is 1. The Morgan fingerprint density at radius 3 is 2.50 bits per heavy atom. The molecule has 3 nitrogen and oxygen atoms in total. The van der Waals surface area contributed by atoms with Crippen molar-refractivity contribution < 1.29 is 23.1 Å². The van der Waals surface area contributed by atoms with Gasteiger partial charge in [0.1, 0.15) is 5.75 Å². The van der Waals surface area contributed by atoms with Crippen LogP contribution in [-0.2, 0) is 10.2 Å². The number of alkyl halides is 3. The number of nitrogens with one attached hydrogen (secondary N) is 1. The van der Waals surface area contributed by atoms with Crippen LogP contribution in [0.15, 0.2) is 24.3 Å². The molecular weight excluding hydrogens is 271 g/mol. The lowest BCUT2D eigenvalue weighted by atomic mass is 9.80. The first kappa shape index (κ1) is 16.3. The lowest BCUT2D eigenvalue weighted by molar-refractivity contribution is -0.173. The molecule has 0 aliphatic carbocycles. The second-order valence-corrected chi connectivity index (χ2v) is 5.29. The third kappa shape index (κ3) is 4.75. The fourth-order valence-electron chi connectivity index (χ4n) is 1.90. The van der Waals surface area contributed by atoms with E-state index in [0.29, 0.717) is 12.8 Å². The summed E-state index contributed by atoms with van der Waals surface area (Å²) in [5.74, 6) is -1.76. The summed E-state index contributed by atoms with van der Waals surface area (Å²) >= 11 is 0. The molecule has 1 rings (SSSR count). The predicted molar refractivity (Wildman–Crippen MR) is 69.4 cm³/mol. The van der Waals surface area contributed by atoms with Gasteiger partial charge in [-0.05, 0) is 36.0 Å². The van der Waals surface area contributed by atoms with Crippen molar-refractivity contribution in [2.24, 2.45) is 0 Å². The summed E-state index contributed by atoms with van der Waals surface area (Å²) < 4.78 is 35.9. The summed E-state index contributed by atoms with van der Waals surface area (Å²) in [4.78, 5) is 10.6. The highest BCUT2D eigenvalue weighted by Gasteiger charge is 2.38. The number of halogens is 3. The van der Waals surface area contributed by atoms with Gasteiger partial charge in [0.2, 0.25) is 0 Å². The number of rotatable bonds is 5. The van der Waals surface area contributed by atoms with Gasteiger partial charge in [-0.15, -0.1) is 0 Å². The van der Waals surface area contributed by atoms with Gasteiger partial charge >= 0.3 is 12.1 Å². The van der Waals surface area contributed by atoms with Gasteiger partial charge in [-0.3, -0.25) is 4.79 Å². The first-order chi connectivity index (χ1) is 9.13. The average molecular weight is 289 g/mol. The fraction of sp³-hybridized carbons (Fsp3) is 0.500. The van der Waals surface area contributed by atoms with Gasteiger partial charge in [0.05, 0.1) is 0 Å². The zero-order valence-electron chi connectivity index (χ0n) is 11.4. The molecule has 0 radical (unpaired) electrons. The van der Waals surface area contributed by atoms with E-state index in [0.717, 1.165) is 5.56 Å². The Labute approximate surface area is 115 Å². The third-order valence-electron chi connectivity index (χ3n) is 3.15. The number of carbonyl (C=O) groups excluding carboxylic acids is 1. The average Bonchev–Trinajstić information content (AvgIpc) is 2.33. The molecule has 0 saturated heterocycles. The van der Waals surface area contributed by atoms with E-state index in [9.17, 15) is 23.1 Å². The molecule has 1 amide bonds. The summed E-state index contributed by atoms with van der Waals surface area (Å²) in [5, 5.41) is 11.3. The first-order valence-electron chi connectivity index (χ1n) is 6.27. The summed E-state index contributed by atoms with van der Waals surface area (Å²) in [7, 11) is 0. The van der Waals surface area contributed by atoms with E-state index in [2.05, 4.69) is 0 Å². The highest BCUT2D eigenvalue weighted by Crippen LogP contribution is 2.30. The minimum atomic E-state index is -4.83. The van der Waals surface area contributed by atoms with Gasteiger partial charge in [0.15, 0.2) is 0 Å². The molecule has 0 aromatic heterocycles. The molecule has 112 valence electrons. The molecule has 2 N–H and O–H groups in total. The van der Waals surface area contributed by atoms with Crippen LogP contribution in [0.1, 0.15) is 32.3 Å². The van der Waals surface area contributed by atoms with E-state index in [4.69, 9.17) is 0 Å². The Morgan fingerprint density at radius 2 is 1.95 bits per heavy atom. The van der Waals surface area contributed by atoms with Gasteiger partial charge in [-0.2, -0.15) is 13.2 Å². The second-order valence-electron chi connectivity index (χ2n) is 5.29. The molecule has 0 aliphatic rings. The molecule has 0 bridgehead atoms. The van der Waals surface area contributed by atoms with Gasteiger partial charge in [0, 0.05) is 6.54 Å². The van der Waals surface area contributed by atoms with E-state index in [-0.39, 0.29) is 17.7 Å². The maximum Gasteiger partial charge on any atom is 0.471 e. The standard InChI is InChI=1S/C14H18F3NO2/c1-13(2,10-5-3-6-11(19)9-10)7-4-8-18-12(20)14(15,16)17/h3,5-6,9,19H,4,7-8H2,1-2H3,(H,18,20). The second kappa shape index (κ2) is 6.15. The van der Waals surface area contributed by atoms with E-state index < -0.39 is 12.1 Å². The number of phenols is 1. The van der Waals surface area contributed by atoms with Crippen molar-refractivity contribution in [3.05, 3.63) is 29.8 Å². The molecule has 0 spiro atoms. The van der Waals surface area contributed by atoms with Crippen molar-refractivity contribution in [3.63, 3.8) is 0 Å². The van der Waals surface area contributed by atoms with Crippen LogP contribution >= 0.6 is 0 Å². The van der Waals surface area contributed by atoms with E-state index in [1.165, 1.54) is 0 Å². The topological polar surface area (TPSA) is 49.3 Å². The molecule has 0 fully saturated rings. The summed E-state index contributed by atoms with van der Waals surface area (Å²) in [6.07, 6.45) is -3.82. The number of hydrogen-bond acceptors (Lipinski definition) is 2. The van der Waals surface area contributed by atoms with Crippen LogP contribution in [0.5, 0.6) is 5.75 Å². The van der Waals surface area contributed by atoms with Gasteiger partial charge in [-0.25, -0.2) is 0 Å². The predicted octanol–water partition coefficient (Wildman–Crippen LogP) is 3.13. The molecule has 1 aromatic rings. The largest absolute Gasteiger partial charge is 0.508 e. The molecule has 0 unspecified atom stereocenters. The van der Waals surface area contributed by atoms with Crippen molar-refractivity contribution in [3.8, 4) is 5.75 Å². The highest BCUT2D eigenvalue weighted by atomic mass is 19.4. The third-order valence-corrected chi connectivity index (χ3v) is 3.15. The molecule has 0 saturated carbocycles. The zero-order chi connectivity index (χ0) is 15.4. The van der Waals surface area contributed by atoms with E-state index in [1.54, 1.807) is 18.2 Å². The number of aromatic hydroxyl groups is 1. The van der Waals surface area contributed by atoms with Crippen LogP contribution in [0.3, 0.4) is 0 Å².